The minimum atomic E-state index is -1.07. The summed E-state index contributed by atoms with van der Waals surface area (Å²) < 4.78 is 13.0. The SMILES string of the molecule is CC(C)CC[C@@](C)(O)CNC(=O)C(=O)Nc1cccc(F)c1. The zero-order valence-electron chi connectivity index (χ0n) is 13.1. The molecule has 1 aromatic rings. The van der Waals surface area contributed by atoms with Crippen LogP contribution in [-0.4, -0.2) is 29.1 Å². The summed E-state index contributed by atoms with van der Waals surface area (Å²) >= 11 is 0. The first-order chi connectivity index (χ1) is 10.2. The zero-order valence-corrected chi connectivity index (χ0v) is 13.1. The molecule has 2 amide bonds. The standard InChI is InChI=1S/C16H23FN2O3/c1-11(2)7-8-16(3,22)10-18-14(20)15(21)19-13-6-4-5-12(17)9-13/h4-6,9,11,22H,7-8,10H2,1-3H3,(H,18,20)(H,19,21)/t16-/m1/s1. The molecule has 0 bridgehead atoms. The van der Waals surface area contributed by atoms with E-state index in [9.17, 15) is 19.1 Å². The van der Waals surface area contributed by atoms with Gasteiger partial charge in [0.2, 0.25) is 0 Å². The van der Waals surface area contributed by atoms with Gasteiger partial charge in [-0.05, 0) is 43.9 Å². The van der Waals surface area contributed by atoms with E-state index in [1.54, 1.807) is 6.92 Å². The molecule has 0 heterocycles. The predicted molar refractivity (Wildman–Crippen MR) is 82.7 cm³/mol. The number of halogens is 1. The van der Waals surface area contributed by atoms with E-state index in [1.165, 1.54) is 18.2 Å². The van der Waals surface area contributed by atoms with Crippen LogP contribution in [0.4, 0.5) is 10.1 Å². The third kappa shape index (κ3) is 6.67. The lowest BCUT2D eigenvalue weighted by atomic mass is 9.95. The van der Waals surface area contributed by atoms with E-state index in [4.69, 9.17) is 0 Å². The second-order valence-corrected chi connectivity index (χ2v) is 6.08. The summed E-state index contributed by atoms with van der Waals surface area (Å²) in [5, 5.41) is 14.8. The molecule has 0 spiro atoms. The highest BCUT2D eigenvalue weighted by molar-refractivity contribution is 6.39. The number of hydrogen-bond acceptors (Lipinski definition) is 3. The molecule has 5 nitrogen and oxygen atoms in total. The van der Waals surface area contributed by atoms with Crippen LogP contribution >= 0.6 is 0 Å². The van der Waals surface area contributed by atoms with Crippen molar-refractivity contribution < 1.29 is 19.1 Å². The van der Waals surface area contributed by atoms with Crippen LogP contribution in [0.5, 0.6) is 0 Å². The van der Waals surface area contributed by atoms with Gasteiger partial charge < -0.3 is 15.7 Å². The van der Waals surface area contributed by atoms with E-state index in [0.717, 1.165) is 12.5 Å². The fourth-order valence-corrected chi connectivity index (χ4v) is 1.79. The van der Waals surface area contributed by atoms with Crippen LogP contribution in [0.15, 0.2) is 24.3 Å². The number of benzene rings is 1. The van der Waals surface area contributed by atoms with Gasteiger partial charge in [-0.15, -0.1) is 0 Å². The van der Waals surface area contributed by atoms with E-state index < -0.39 is 23.2 Å². The monoisotopic (exact) mass is 310 g/mol. The van der Waals surface area contributed by atoms with Gasteiger partial charge in [-0.1, -0.05) is 19.9 Å². The van der Waals surface area contributed by atoms with E-state index >= 15 is 0 Å². The molecular formula is C16H23FN2O3. The van der Waals surface area contributed by atoms with Crippen LogP contribution in [0.25, 0.3) is 0 Å². The Bertz CT molecular complexity index is 530. The highest BCUT2D eigenvalue weighted by atomic mass is 19.1. The molecule has 0 aliphatic rings. The molecule has 0 saturated heterocycles. The van der Waals surface area contributed by atoms with Crippen molar-refractivity contribution in [1.82, 2.24) is 5.32 Å². The second-order valence-electron chi connectivity index (χ2n) is 6.08. The maximum Gasteiger partial charge on any atom is 0.313 e. The molecule has 0 aromatic heterocycles. The second kappa shape index (κ2) is 7.89. The lowest BCUT2D eigenvalue weighted by Gasteiger charge is -2.24. The fraction of sp³-hybridized carbons (Fsp3) is 0.500. The van der Waals surface area contributed by atoms with Crippen molar-refractivity contribution in [1.29, 1.82) is 0 Å². The molecule has 1 rings (SSSR count). The van der Waals surface area contributed by atoms with Crippen molar-refractivity contribution in [3.8, 4) is 0 Å². The van der Waals surface area contributed by atoms with E-state index in [1.807, 2.05) is 13.8 Å². The van der Waals surface area contributed by atoms with Gasteiger partial charge in [0.25, 0.3) is 0 Å². The van der Waals surface area contributed by atoms with E-state index in [0.29, 0.717) is 12.3 Å². The van der Waals surface area contributed by atoms with E-state index in [-0.39, 0.29) is 12.2 Å². The van der Waals surface area contributed by atoms with Gasteiger partial charge in [0.05, 0.1) is 5.60 Å². The molecule has 22 heavy (non-hydrogen) atoms. The number of hydrogen-bond donors (Lipinski definition) is 3. The third-order valence-corrected chi connectivity index (χ3v) is 3.18. The summed E-state index contributed by atoms with van der Waals surface area (Å²) in [4.78, 5) is 23.4. The van der Waals surface area contributed by atoms with Gasteiger partial charge in [-0.2, -0.15) is 0 Å². The molecule has 0 fully saturated rings. The Hall–Kier alpha value is -1.95. The molecule has 0 unspecified atom stereocenters. The van der Waals surface area contributed by atoms with Crippen LogP contribution in [-0.2, 0) is 9.59 Å². The Morgan fingerprint density at radius 2 is 2.00 bits per heavy atom. The van der Waals surface area contributed by atoms with Gasteiger partial charge >= 0.3 is 11.8 Å². The molecular weight excluding hydrogens is 287 g/mol. The Morgan fingerprint density at radius 3 is 2.59 bits per heavy atom. The number of rotatable bonds is 6. The fourth-order valence-electron chi connectivity index (χ4n) is 1.79. The van der Waals surface area contributed by atoms with Crippen LogP contribution < -0.4 is 10.6 Å². The topological polar surface area (TPSA) is 78.4 Å². The highest BCUT2D eigenvalue weighted by Gasteiger charge is 2.23. The average Bonchev–Trinajstić information content (AvgIpc) is 2.43. The Labute approximate surface area is 129 Å². The van der Waals surface area contributed by atoms with Crippen LogP contribution in [0, 0.1) is 11.7 Å². The molecule has 1 aromatic carbocycles. The Morgan fingerprint density at radius 1 is 1.32 bits per heavy atom. The van der Waals surface area contributed by atoms with Crippen molar-refractivity contribution in [3.05, 3.63) is 30.1 Å². The summed E-state index contributed by atoms with van der Waals surface area (Å²) in [7, 11) is 0. The number of nitrogens with one attached hydrogen (secondary N) is 2. The highest BCUT2D eigenvalue weighted by Crippen LogP contribution is 2.15. The lowest BCUT2D eigenvalue weighted by molar-refractivity contribution is -0.136. The minimum Gasteiger partial charge on any atom is -0.388 e. The van der Waals surface area contributed by atoms with Crippen molar-refractivity contribution in [2.75, 3.05) is 11.9 Å². The minimum absolute atomic E-state index is 0.0187. The largest absolute Gasteiger partial charge is 0.388 e. The maximum absolute atomic E-state index is 13.0. The molecule has 1 atom stereocenters. The summed E-state index contributed by atoms with van der Waals surface area (Å²) in [6.07, 6.45) is 1.34. The molecule has 3 N–H and O–H groups in total. The Kier molecular flexibility index (Phi) is 6.49. The van der Waals surface area contributed by atoms with Crippen molar-refractivity contribution in [3.63, 3.8) is 0 Å². The number of anilines is 1. The Balaban J connectivity index is 2.46. The molecule has 0 aliphatic carbocycles. The summed E-state index contributed by atoms with van der Waals surface area (Å²) in [6, 6.07) is 5.26. The van der Waals surface area contributed by atoms with Gasteiger partial charge in [0.1, 0.15) is 5.82 Å². The smallest absolute Gasteiger partial charge is 0.313 e. The first-order valence-electron chi connectivity index (χ1n) is 7.27. The lowest BCUT2D eigenvalue weighted by Crippen LogP contribution is -2.44. The van der Waals surface area contributed by atoms with Crippen LogP contribution in [0.2, 0.25) is 0 Å². The number of amides is 2. The molecule has 6 heteroatoms. The number of carbonyl (C=O) groups excluding carboxylic acids is 2. The van der Waals surface area contributed by atoms with Gasteiger partial charge in [-0.3, -0.25) is 9.59 Å². The third-order valence-electron chi connectivity index (χ3n) is 3.18. The number of carbonyl (C=O) groups is 2. The predicted octanol–water partition coefficient (Wildman–Crippen LogP) is 2.07. The first kappa shape index (κ1) is 18.1. The average molecular weight is 310 g/mol. The first-order valence-corrected chi connectivity index (χ1v) is 7.27. The van der Waals surface area contributed by atoms with Gasteiger partial charge in [0.15, 0.2) is 0 Å². The quantitative estimate of drug-likeness (QED) is 0.704. The van der Waals surface area contributed by atoms with Gasteiger partial charge in [0, 0.05) is 12.2 Å². The zero-order chi connectivity index (χ0) is 16.8. The summed E-state index contributed by atoms with van der Waals surface area (Å²) in [6.45, 7) is 5.68. The molecule has 122 valence electrons. The molecule has 0 aliphatic heterocycles. The van der Waals surface area contributed by atoms with Crippen LogP contribution in [0.3, 0.4) is 0 Å². The summed E-state index contributed by atoms with van der Waals surface area (Å²) in [5.74, 6) is -1.83. The van der Waals surface area contributed by atoms with Crippen molar-refractivity contribution in [2.24, 2.45) is 5.92 Å². The van der Waals surface area contributed by atoms with Gasteiger partial charge in [-0.25, -0.2) is 4.39 Å². The maximum atomic E-state index is 13.0. The van der Waals surface area contributed by atoms with Crippen molar-refractivity contribution >= 4 is 17.5 Å². The molecule has 0 radical (unpaired) electrons. The molecule has 0 saturated carbocycles. The van der Waals surface area contributed by atoms with E-state index in [2.05, 4.69) is 10.6 Å². The number of aliphatic hydroxyl groups is 1. The van der Waals surface area contributed by atoms with Crippen LogP contribution in [0.1, 0.15) is 33.6 Å². The summed E-state index contributed by atoms with van der Waals surface area (Å²) in [5.41, 5.74) is -0.870. The normalized spacial score (nSPS) is 13.5. The van der Waals surface area contributed by atoms with Crippen molar-refractivity contribution in [2.45, 2.75) is 39.2 Å².